The molecule has 7 heteroatoms. The predicted molar refractivity (Wildman–Crippen MR) is 104 cm³/mol. The van der Waals surface area contributed by atoms with Crippen LogP contribution in [0.1, 0.15) is 17.4 Å². The van der Waals surface area contributed by atoms with E-state index in [0.717, 1.165) is 22.6 Å². The Labute approximate surface area is 158 Å². The molecule has 0 aliphatic carbocycles. The van der Waals surface area contributed by atoms with Gasteiger partial charge in [-0.05, 0) is 31.2 Å². The van der Waals surface area contributed by atoms with Crippen LogP contribution in [0.5, 0.6) is 5.88 Å². The first-order chi connectivity index (χ1) is 13.0. The summed E-state index contributed by atoms with van der Waals surface area (Å²) in [5.74, 6) is 0.0513. The number of carbonyl (C=O) groups is 1. The lowest BCUT2D eigenvalue weighted by atomic mass is 10.1. The van der Waals surface area contributed by atoms with Crippen molar-refractivity contribution in [1.29, 1.82) is 0 Å². The Bertz CT molecular complexity index is 933. The van der Waals surface area contributed by atoms with Crippen molar-refractivity contribution < 1.29 is 14.3 Å². The monoisotopic (exact) mass is 366 g/mol. The number of aromatic nitrogens is 3. The van der Waals surface area contributed by atoms with Gasteiger partial charge in [0.15, 0.2) is 5.69 Å². The number of nitrogens with zero attached hydrogens (tertiary/aromatic N) is 4. The van der Waals surface area contributed by atoms with Crippen LogP contribution in [0.2, 0.25) is 0 Å². The topological polar surface area (TPSA) is 69.5 Å². The van der Waals surface area contributed by atoms with E-state index in [-0.39, 0.29) is 5.69 Å². The summed E-state index contributed by atoms with van der Waals surface area (Å²) < 4.78 is 11.9. The number of anilines is 1. The lowest BCUT2D eigenvalue weighted by Gasteiger charge is -2.14. The van der Waals surface area contributed by atoms with Gasteiger partial charge >= 0.3 is 5.97 Å². The van der Waals surface area contributed by atoms with Gasteiger partial charge in [-0.15, -0.1) is 0 Å². The van der Waals surface area contributed by atoms with Crippen molar-refractivity contribution in [2.75, 3.05) is 32.7 Å². The van der Waals surface area contributed by atoms with Crippen molar-refractivity contribution in [2.24, 2.45) is 0 Å². The van der Waals surface area contributed by atoms with E-state index in [1.807, 2.05) is 49.3 Å². The molecule has 2 heterocycles. The number of hydrogen-bond acceptors (Lipinski definition) is 6. The smallest absolute Gasteiger partial charge is 0.358 e. The second kappa shape index (κ2) is 7.90. The summed E-state index contributed by atoms with van der Waals surface area (Å²) in [5, 5.41) is 4.45. The Balaban J connectivity index is 2.12. The normalized spacial score (nSPS) is 10.5. The van der Waals surface area contributed by atoms with Gasteiger partial charge in [0.1, 0.15) is 0 Å². The maximum absolute atomic E-state index is 12.2. The molecule has 0 unspecified atom stereocenters. The van der Waals surface area contributed by atoms with Crippen LogP contribution in [0.4, 0.5) is 5.69 Å². The molecule has 0 saturated heterocycles. The standard InChI is InChI=1S/C20H22N4O3/c1-5-27-20(25)17-12-18(14-7-6-8-15(11-14)23(2)3)24(22-17)16-9-10-19(26-4)21-13-16/h6-13H,5H2,1-4H3. The zero-order chi connectivity index (χ0) is 19.4. The molecule has 0 amide bonds. The first kappa shape index (κ1) is 18.4. The van der Waals surface area contributed by atoms with Crippen LogP contribution < -0.4 is 9.64 Å². The van der Waals surface area contributed by atoms with Crippen molar-refractivity contribution in [3.05, 3.63) is 54.4 Å². The van der Waals surface area contributed by atoms with Gasteiger partial charge in [-0.25, -0.2) is 14.5 Å². The lowest BCUT2D eigenvalue weighted by molar-refractivity contribution is 0.0519. The number of pyridine rings is 1. The van der Waals surface area contributed by atoms with Crippen LogP contribution in [0.25, 0.3) is 16.9 Å². The summed E-state index contributed by atoms with van der Waals surface area (Å²) in [4.78, 5) is 18.5. The maximum Gasteiger partial charge on any atom is 0.358 e. The highest BCUT2D eigenvalue weighted by Crippen LogP contribution is 2.27. The maximum atomic E-state index is 12.2. The third kappa shape index (κ3) is 3.92. The van der Waals surface area contributed by atoms with Gasteiger partial charge in [0.05, 0.1) is 31.3 Å². The molecule has 0 spiro atoms. The van der Waals surface area contributed by atoms with Crippen molar-refractivity contribution in [2.45, 2.75) is 6.92 Å². The fourth-order valence-corrected chi connectivity index (χ4v) is 2.65. The minimum absolute atomic E-state index is 0.248. The fourth-order valence-electron chi connectivity index (χ4n) is 2.65. The number of ether oxygens (including phenoxy) is 2. The van der Waals surface area contributed by atoms with Gasteiger partial charge in [-0.2, -0.15) is 5.10 Å². The Morgan fingerprint density at radius 3 is 2.63 bits per heavy atom. The third-order valence-electron chi connectivity index (χ3n) is 4.03. The van der Waals surface area contributed by atoms with Crippen molar-refractivity contribution >= 4 is 11.7 Å². The molecule has 0 bridgehead atoms. The number of esters is 1. The average Bonchev–Trinajstić information content (AvgIpc) is 3.14. The van der Waals surface area contributed by atoms with Crippen molar-refractivity contribution in [3.63, 3.8) is 0 Å². The Hall–Kier alpha value is -3.35. The quantitative estimate of drug-likeness (QED) is 0.624. The zero-order valence-electron chi connectivity index (χ0n) is 15.8. The zero-order valence-corrected chi connectivity index (χ0v) is 15.8. The van der Waals surface area contributed by atoms with Crippen LogP contribution in [-0.4, -0.2) is 48.5 Å². The van der Waals surface area contributed by atoms with E-state index in [1.165, 1.54) is 0 Å². The van der Waals surface area contributed by atoms with E-state index in [9.17, 15) is 4.79 Å². The van der Waals surface area contributed by atoms with Gasteiger partial charge < -0.3 is 14.4 Å². The first-order valence-electron chi connectivity index (χ1n) is 8.59. The molecule has 2 aromatic heterocycles. The summed E-state index contributed by atoms with van der Waals surface area (Å²) in [6, 6.07) is 13.3. The second-order valence-corrected chi connectivity index (χ2v) is 6.05. The Morgan fingerprint density at radius 2 is 2.00 bits per heavy atom. The van der Waals surface area contributed by atoms with Crippen LogP contribution in [0, 0.1) is 0 Å². The van der Waals surface area contributed by atoms with E-state index >= 15 is 0 Å². The first-order valence-corrected chi connectivity index (χ1v) is 8.59. The van der Waals surface area contributed by atoms with Gasteiger partial charge in [0.2, 0.25) is 5.88 Å². The predicted octanol–water partition coefficient (Wildman–Crippen LogP) is 3.19. The van der Waals surface area contributed by atoms with E-state index < -0.39 is 5.97 Å². The van der Waals surface area contributed by atoms with Crippen molar-refractivity contribution in [3.8, 4) is 22.8 Å². The molecule has 7 nitrogen and oxygen atoms in total. The molecule has 0 aliphatic heterocycles. The molecule has 3 rings (SSSR count). The summed E-state index contributed by atoms with van der Waals surface area (Å²) in [6.45, 7) is 2.06. The lowest BCUT2D eigenvalue weighted by Crippen LogP contribution is -2.08. The van der Waals surface area contributed by atoms with Gasteiger partial charge in [0.25, 0.3) is 0 Å². The molecular weight excluding hydrogens is 344 g/mol. The number of rotatable bonds is 6. The molecule has 27 heavy (non-hydrogen) atoms. The van der Waals surface area contributed by atoms with Gasteiger partial charge in [-0.3, -0.25) is 0 Å². The highest BCUT2D eigenvalue weighted by atomic mass is 16.5. The molecule has 140 valence electrons. The van der Waals surface area contributed by atoms with Gasteiger partial charge in [-0.1, -0.05) is 12.1 Å². The average molecular weight is 366 g/mol. The van der Waals surface area contributed by atoms with E-state index in [4.69, 9.17) is 9.47 Å². The van der Waals surface area contributed by atoms with E-state index in [0.29, 0.717) is 12.5 Å². The minimum Gasteiger partial charge on any atom is -0.481 e. The molecule has 3 aromatic rings. The number of hydrogen-bond donors (Lipinski definition) is 0. The summed E-state index contributed by atoms with van der Waals surface area (Å²) >= 11 is 0. The van der Waals surface area contributed by atoms with Crippen LogP contribution in [0.3, 0.4) is 0 Å². The highest BCUT2D eigenvalue weighted by Gasteiger charge is 2.18. The SMILES string of the molecule is CCOC(=O)c1cc(-c2cccc(N(C)C)c2)n(-c2ccc(OC)nc2)n1. The highest BCUT2D eigenvalue weighted by molar-refractivity contribution is 5.89. The number of methoxy groups -OCH3 is 1. The molecule has 0 atom stereocenters. The second-order valence-electron chi connectivity index (χ2n) is 6.05. The largest absolute Gasteiger partial charge is 0.481 e. The molecule has 0 radical (unpaired) electrons. The number of carbonyl (C=O) groups excluding carboxylic acids is 1. The Morgan fingerprint density at radius 1 is 1.19 bits per heavy atom. The van der Waals surface area contributed by atoms with Crippen LogP contribution in [0.15, 0.2) is 48.7 Å². The fraction of sp³-hybridized carbons (Fsp3) is 0.250. The van der Waals surface area contributed by atoms with E-state index in [2.05, 4.69) is 10.1 Å². The van der Waals surface area contributed by atoms with E-state index in [1.54, 1.807) is 37.0 Å². The molecule has 1 aromatic carbocycles. The van der Waals surface area contributed by atoms with Gasteiger partial charge in [0, 0.05) is 31.4 Å². The summed E-state index contributed by atoms with van der Waals surface area (Å²) in [5.41, 5.74) is 3.72. The molecule has 0 aliphatic rings. The summed E-state index contributed by atoms with van der Waals surface area (Å²) in [6.07, 6.45) is 1.65. The molecule has 0 fully saturated rings. The minimum atomic E-state index is -0.456. The molecule has 0 N–H and O–H groups in total. The van der Waals surface area contributed by atoms with Crippen molar-refractivity contribution in [1.82, 2.24) is 14.8 Å². The van der Waals surface area contributed by atoms with Crippen LogP contribution in [-0.2, 0) is 4.74 Å². The summed E-state index contributed by atoms with van der Waals surface area (Å²) in [7, 11) is 5.52. The number of benzene rings is 1. The Kier molecular flexibility index (Phi) is 5.40. The van der Waals surface area contributed by atoms with Crippen LogP contribution >= 0.6 is 0 Å². The third-order valence-corrected chi connectivity index (χ3v) is 4.03. The molecular formula is C20H22N4O3. The molecule has 0 saturated carbocycles.